The highest BCUT2D eigenvalue weighted by Gasteiger charge is 2.19. The number of allylic oxidation sites excluding steroid dienone is 8. The van der Waals surface area contributed by atoms with Gasteiger partial charge in [-0.15, -0.1) is 0 Å². The first-order valence-corrected chi connectivity index (χ1v) is 33.6. The Balaban J connectivity index is 4.09. The lowest BCUT2D eigenvalue weighted by molar-refractivity contribution is -0.167. The number of rotatable bonds is 62. The summed E-state index contributed by atoms with van der Waals surface area (Å²) < 4.78 is 16.9. The number of hydrogen-bond acceptors (Lipinski definition) is 6. The number of hydrogen-bond donors (Lipinski definition) is 0. The van der Waals surface area contributed by atoms with Crippen LogP contribution in [0.15, 0.2) is 48.6 Å². The summed E-state index contributed by atoms with van der Waals surface area (Å²) in [5.74, 6) is -0.884. The minimum Gasteiger partial charge on any atom is -0.462 e. The SMILES string of the molecule is CC/C=C\C/C=C\C/C=C\C/C=C\CCCCCCC(=O)OC(COC(=O)CCCCCCCCCCCC)COC(=O)CCCCCCCCCCCCCCCCCCCCCCCCCCCCCCCCC. The number of ether oxygens (including phenoxy) is 3. The zero-order valence-corrected chi connectivity index (χ0v) is 51.0. The van der Waals surface area contributed by atoms with Crippen LogP contribution in [-0.4, -0.2) is 37.2 Å². The fourth-order valence-corrected chi connectivity index (χ4v) is 10.1. The lowest BCUT2D eigenvalue weighted by atomic mass is 10.0. The van der Waals surface area contributed by atoms with Crippen LogP contribution in [0.5, 0.6) is 0 Å². The molecule has 0 aliphatic rings. The normalized spacial score (nSPS) is 12.3. The predicted octanol–water partition coefficient (Wildman–Crippen LogP) is 22.9. The van der Waals surface area contributed by atoms with Crippen molar-refractivity contribution in [2.24, 2.45) is 0 Å². The summed E-state index contributed by atoms with van der Waals surface area (Å²) in [5, 5.41) is 0. The molecule has 6 nitrogen and oxygen atoms in total. The molecule has 6 heteroatoms. The van der Waals surface area contributed by atoms with E-state index < -0.39 is 6.10 Å². The number of esters is 3. The first-order valence-electron chi connectivity index (χ1n) is 33.6. The molecule has 0 saturated carbocycles. The maximum Gasteiger partial charge on any atom is 0.306 e. The molecule has 76 heavy (non-hydrogen) atoms. The van der Waals surface area contributed by atoms with Crippen molar-refractivity contribution < 1.29 is 28.6 Å². The highest BCUT2D eigenvalue weighted by molar-refractivity contribution is 5.71. The van der Waals surface area contributed by atoms with Crippen molar-refractivity contribution in [3.05, 3.63) is 48.6 Å². The lowest BCUT2D eigenvalue weighted by Crippen LogP contribution is -2.30. The van der Waals surface area contributed by atoms with Crippen LogP contribution in [0.1, 0.15) is 361 Å². The smallest absolute Gasteiger partial charge is 0.306 e. The van der Waals surface area contributed by atoms with Crippen LogP contribution >= 0.6 is 0 Å². The van der Waals surface area contributed by atoms with Gasteiger partial charge in [-0.1, -0.05) is 333 Å². The summed E-state index contributed by atoms with van der Waals surface area (Å²) in [7, 11) is 0. The lowest BCUT2D eigenvalue weighted by Gasteiger charge is -2.18. The van der Waals surface area contributed by atoms with Gasteiger partial charge in [0.2, 0.25) is 0 Å². The van der Waals surface area contributed by atoms with Gasteiger partial charge in [0.15, 0.2) is 6.10 Å². The molecule has 0 amide bonds. The molecule has 0 N–H and O–H groups in total. The van der Waals surface area contributed by atoms with Crippen molar-refractivity contribution in [2.75, 3.05) is 13.2 Å². The third-order valence-electron chi connectivity index (χ3n) is 15.1. The van der Waals surface area contributed by atoms with E-state index in [0.29, 0.717) is 19.3 Å². The summed E-state index contributed by atoms with van der Waals surface area (Å²) >= 11 is 0. The molecule has 0 saturated heterocycles. The molecule has 0 radical (unpaired) electrons. The zero-order chi connectivity index (χ0) is 55.0. The van der Waals surface area contributed by atoms with E-state index in [1.165, 1.54) is 225 Å². The first-order chi connectivity index (χ1) is 37.5. The molecule has 1 atom stereocenters. The van der Waals surface area contributed by atoms with E-state index in [-0.39, 0.29) is 31.1 Å². The molecule has 0 bridgehead atoms. The first kappa shape index (κ1) is 73.4. The van der Waals surface area contributed by atoms with Gasteiger partial charge in [-0.2, -0.15) is 0 Å². The van der Waals surface area contributed by atoms with E-state index >= 15 is 0 Å². The maximum absolute atomic E-state index is 12.9. The second-order valence-corrected chi connectivity index (χ2v) is 22.7. The zero-order valence-electron chi connectivity index (χ0n) is 51.0. The van der Waals surface area contributed by atoms with E-state index in [0.717, 1.165) is 96.3 Å². The van der Waals surface area contributed by atoms with Crippen LogP contribution < -0.4 is 0 Å². The summed E-state index contributed by atoms with van der Waals surface area (Å²) in [5.41, 5.74) is 0. The molecule has 0 fully saturated rings. The van der Waals surface area contributed by atoms with E-state index in [9.17, 15) is 14.4 Å². The molecule has 1 unspecified atom stereocenters. The molecular formula is C70H128O6. The van der Waals surface area contributed by atoms with E-state index in [4.69, 9.17) is 14.2 Å². The Morgan fingerprint density at radius 3 is 0.803 bits per heavy atom. The molecule has 0 aromatic carbocycles. The van der Waals surface area contributed by atoms with Gasteiger partial charge >= 0.3 is 17.9 Å². The van der Waals surface area contributed by atoms with Gasteiger partial charge < -0.3 is 14.2 Å². The largest absolute Gasteiger partial charge is 0.462 e. The van der Waals surface area contributed by atoms with Gasteiger partial charge in [-0.25, -0.2) is 0 Å². The van der Waals surface area contributed by atoms with Crippen LogP contribution in [0.4, 0.5) is 0 Å². The Bertz CT molecular complexity index is 1310. The fourth-order valence-electron chi connectivity index (χ4n) is 10.1. The Kier molecular flexibility index (Phi) is 62.6. The highest BCUT2D eigenvalue weighted by atomic mass is 16.6. The average molecular weight is 1070 g/mol. The molecule has 0 aromatic heterocycles. The van der Waals surface area contributed by atoms with Crippen molar-refractivity contribution in [1.82, 2.24) is 0 Å². The van der Waals surface area contributed by atoms with Crippen molar-refractivity contribution in [3.63, 3.8) is 0 Å². The van der Waals surface area contributed by atoms with Crippen LogP contribution in [-0.2, 0) is 28.6 Å². The van der Waals surface area contributed by atoms with Gasteiger partial charge in [0, 0.05) is 19.3 Å². The van der Waals surface area contributed by atoms with E-state index in [1.807, 2.05) is 0 Å². The van der Waals surface area contributed by atoms with Gasteiger partial charge in [0.1, 0.15) is 13.2 Å². The maximum atomic E-state index is 12.9. The second kappa shape index (κ2) is 64.9. The molecule has 0 rings (SSSR count). The van der Waals surface area contributed by atoms with Crippen molar-refractivity contribution in [3.8, 4) is 0 Å². The molecular weight excluding hydrogens is 937 g/mol. The van der Waals surface area contributed by atoms with Crippen molar-refractivity contribution >= 4 is 17.9 Å². The van der Waals surface area contributed by atoms with Crippen molar-refractivity contribution in [2.45, 2.75) is 367 Å². The topological polar surface area (TPSA) is 78.9 Å². The Labute approximate surface area is 473 Å². The second-order valence-electron chi connectivity index (χ2n) is 22.7. The fraction of sp³-hybridized carbons (Fsp3) is 0.843. The number of carbonyl (C=O) groups is 3. The van der Waals surface area contributed by atoms with Gasteiger partial charge in [0.05, 0.1) is 0 Å². The summed E-state index contributed by atoms with van der Waals surface area (Å²) in [6, 6.07) is 0. The number of unbranched alkanes of at least 4 members (excludes halogenated alkanes) is 43. The molecule has 0 aliphatic heterocycles. The third kappa shape index (κ3) is 62.2. The molecule has 0 heterocycles. The monoisotopic (exact) mass is 1060 g/mol. The average Bonchev–Trinajstić information content (AvgIpc) is 3.42. The van der Waals surface area contributed by atoms with Gasteiger partial charge in [0.25, 0.3) is 0 Å². The summed E-state index contributed by atoms with van der Waals surface area (Å²) in [6.45, 7) is 6.55. The number of carbonyl (C=O) groups excluding carboxylic acids is 3. The standard InChI is InChI=1S/C70H128O6/c1-4-7-10-13-16-19-22-24-26-28-29-30-31-32-33-34-35-36-37-38-39-40-41-43-44-46-48-51-54-57-60-63-69(72)75-66-67(65-74-68(71)62-59-56-53-50-21-18-15-12-9-6-3)76-70(73)64-61-58-55-52-49-47-45-42-27-25-23-20-17-14-11-8-5-2/h8,11,17,20,25,27,45,47,67H,4-7,9-10,12-16,18-19,21-24,26,28-44,46,48-66H2,1-3H3/b11-8-,20-17-,27-25-,47-45-. The van der Waals surface area contributed by atoms with E-state index in [2.05, 4.69) is 69.4 Å². The van der Waals surface area contributed by atoms with Crippen LogP contribution in [0.25, 0.3) is 0 Å². The van der Waals surface area contributed by atoms with Crippen LogP contribution in [0.3, 0.4) is 0 Å². The summed E-state index contributed by atoms with van der Waals surface area (Å²) in [6.07, 6.45) is 81.6. The third-order valence-corrected chi connectivity index (χ3v) is 15.1. The highest BCUT2D eigenvalue weighted by Crippen LogP contribution is 2.18. The van der Waals surface area contributed by atoms with Gasteiger partial charge in [-0.3, -0.25) is 14.4 Å². The molecule has 0 aliphatic carbocycles. The molecule has 444 valence electrons. The Hall–Kier alpha value is -2.63. The Morgan fingerprint density at radius 1 is 0.276 bits per heavy atom. The quantitative estimate of drug-likeness (QED) is 0.0261. The minimum atomic E-state index is -0.783. The predicted molar refractivity (Wildman–Crippen MR) is 330 cm³/mol. The minimum absolute atomic E-state index is 0.0788. The van der Waals surface area contributed by atoms with E-state index in [1.54, 1.807) is 0 Å². The summed E-state index contributed by atoms with van der Waals surface area (Å²) in [4.78, 5) is 38.2. The van der Waals surface area contributed by atoms with Gasteiger partial charge in [-0.05, 0) is 57.8 Å². The van der Waals surface area contributed by atoms with Crippen molar-refractivity contribution in [1.29, 1.82) is 0 Å². The Morgan fingerprint density at radius 2 is 0.513 bits per heavy atom. The van der Waals surface area contributed by atoms with Crippen LogP contribution in [0.2, 0.25) is 0 Å². The molecule has 0 spiro atoms. The molecule has 0 aromatic rings. The van der Waals surface area contributed by atoms with Crippen LogP contribution in [0, 0.1) is 0 Å².